The average molecular weight is 788 g/mol. The van der Waals surface area contributed by atoms with Gasteiger partial charge in [0.05, 0.1) is 22.4 Å². The lowest BCUT2D eigenvalue weighted by Crippen LogP contribution is -2.30. The highest BCUT2D eigenvalue weighted by atomic mass is 19.1. The quantitative estimate of drug-likeness (QED) is 0.159. The van der Waals surface area contributed by atoms with Crippen molar-refractivity contribution in [3.8, 4) is 27.9 Å². The lowest BCUT2D eigenvalue weighted by Gasteiger charge is -2.42. The number of fused-ring (bicyclic) bond motifs is 5. The summed E-state index contributed by atoms with van der Waals surface area (Å²) in [5.74, 6) is -0.264. The Labute approximate surface area is 355 Å². The number of nitrogens with zero attached hydrogens (tertiary/aromatic N) is 3. The van der Waals surface area contributed by atoms with E-state index in [1.165, 1.54) is 40.2 Å². The van der Waals surface area contributed by atoms with Crippen molar-refractivity contribution in [2.45, 2.75) is 19.3 Å². The third kappa shape index (κ3) is 6.19. The Kier molecular flexibility index (Phi) is 8.68. The van der Waals surface area contributed by atoms with Crippen molar-refractivity contribution >= 4 is 55.9 Å². The van der Waals surface area contributed by atoms with Crippen molar-refractivity contribution < 1.29 is 4.39 Å². The number of hydrogen-bond acceptors (Lipinski definition) is 2. The minimum atomic E-state index is -0.264. The van der Waals surface area contributed by atoms with Gasteiger partial charge in [0.2, 0.25) is 0 Å². The molecule has 61 heavy (non-hydrogen) atoms. The number of rotatable bonds is 7. The lowest BCUT2D eigenvalue weighted by molar-refractivity contribution is 0.628. The highest BCUT2D eigenvalue weighted by Gasteiger charge is 2.37. The third-order valence-corrected chi connectivity index (χ3v) is 12.4. The molecule has 0 radical (unpaired) electrons. The SMILES string of the molecule is CC1(C)c2ccccc2N(c2ccccc2)c2ccc(-c3ccc4c(c3)c3cc(N(c5ccc(F)cc5)c5ccc(-c6ccccc6)cc5)ccc3n4-c3ccccc3)cc21. The second-order valence-corrected chi connectivity index (χ2v) is 16.4. The van der Waals surface area contributed by atoms with E-state index in [0.29, 0.717) is 0 Å². The van der Waals surface area contributed by atoms with Crippen LogP contribution >= 0.6 is 0 Å². The molecule has 1 aliphatic rings. The molecule has 0 unspecified atom stereocenters. The zero-order chi connectivity index (χ0) is 41.1. The molecule has 0 spiro atoms. The zero-order valence-corrected chi connectivity index (χ0v) is 34.0. The van der Waals surface area contributed by atoms with Gasteiger partial charge in [0.1, 0.15) is 5.82 Å². The molecule has 0 N–H and O–H groups in total. The molecule has 0 atom stereocenters. The summed E-state index contributed by atoms with van der Waals surface area (Å²) in [4.78, 5) is 4.62. The van der Waals surface area contributed by atoms with Gasteiger partial charge in [-0.25, -0.2) is 4.39 Å². The molecule has 292 valence electrons. The van der Waals surface area contributed by atoms with E-state index < -0.39 is 0 Å². The van der Waals surface area contributed by atoms with Gasteiger partial charge in [0, 0.05) is 44.6 Å². The van der Waals surface area contributed by atoms with Crippen LogP contribution in [0.2, 0.25) is 0 Å². The van der Waals surface area contributed by atoms with Crippen molar-refractivity contribution in [1.82, 2.24) is 4.57 Å². The second-order valence-electron chi connectivity index (χ2n) is 16.4. The van der Waals surface area contributed by atoms with Crippen LogP contribution in [0.1, 0.15) is 25.0 Å². The fourth-order valence-electron chi connectivity index (χ4n) is 9.39. The van der Waals surface area contributed by atoms with Crippen molar-refractivity contribution in [3.05, 3.63) is 235 Å². The van der Waals surface area contributed by atoms with E-state index in [0.717, 1.165) is 66.9 Å². The molecule has 0 saturated carbocycles. The van der Waals surface area contributed by atoms with Gasteiger partial charge in [-0.3, -0.25) is 0 Å². The summed E-state index contributed by atoms with van der Waals surface area (Å²) in [6, 6.07) is 76.4. The van der Waals surface area contributed by atoms with Crippen LogP contribution in [0.25, 0.3) is 49.7 Å². The molecule has 4 heteroatoms. The van der Waals surface area contributed by atoms with Gasteiger partial charge < -0.3 is 14.4 Å². The fraction of sp³-hybridized carbons (Fsp3) is 0.0526. The maximum absolute atomic E-state index is 14.4. The Morgan fingerprint density at radius 1 is 0.393 bits per heavy atom. The molecule has 0 saturated heterocycles. The molecule has 10 aromatic rings. The van der Waals surface area contributed by atoms with E-state index in [9.17, 15) is 4.39 Å². The van der Waals surface area contributed by atoms with E-state index in [4.69, 9.17) is 0 Å². The van der Waals surface area contributed by atoms with E-state index in [2.05, 4.69) is 216 Å². The summed E-state index contributed by atoms with van der Waals surface area (Å²) in [5, 5.41) is 2.29. The average Bonchev–Trinajstić information content (AvgIpc) is 3.64. The molecular weight excluding hydrogens is 746 g/mol. The van der Waals surface area contributed by atoms with Gasteiger partial charge in [0.15, 0.2) is 0 Å². The number of benzene rings is 9. The minimum Gasteiger partial charge on any atom is -0.310 e. The van der Waals surface area contributed by atoms with Gasteiger partial charge in [0.25, 0.3) is 0 Å². The first-order valence-corrected chi connectivity index (χ1v) is 20.9. The molecule has 2 heterocycles. The second kappa shape index (κ2) is 14.5. The van der Waals surface area contributed by atoms with Gasteiger partial charge in [-0.1, -0.05) is 123 Å². The maximum atomic E-state index is 14.4. The van der Waals surface area contributed by atoms with Gasteiger partial charge >= 0.3 is 0 Å². The molecular formula is C57H42FN3. The van der Waals surface area contributed by atoms with Gasteiger partial charge in [-0.2, -0.15) is 0 Å². The van der Waals surface area contributed by atoms with Crippen LogP contribution in [0, 0.1) is 5.82 Å². The molecule has 0 bridgehead atoms. The molecule has 0 aliphatic carbocycles. The Morgan fingerprint density at radius 3 is 1.59 bits per heavy atom. The van der Waals surface area contributed by atoms with Gasteiger partial charge in [-0.15, -0.1) is 0 Å². The number of anilines is 6. The standard InChI is InChI=1S/C57H42FN3/c1-57(2)51-20-12-13-21-55(51)61(45-18-10-5-11-19-45)56-34-25-42(37-52(56)57)41-24-33-53-49(36-41)50-38-48(32-35-54(50)60(53)44-16-8-4-9-17-44)59(47-30-26-43(58)27-31-47)46-28-22-40(23-29-46)39-14-6-3-7-15-39/h3-38H,1-2H3. The molecule has 0 fully saturated rings. The van der Waals surface area contributed by atoms with E-state index in [1.807, 2.05) is 18.2 Å². The summed E-state index contributed by atoms with van der Waals surface area (Å²) in [6.07, 6.45) is 0. The summed E-state index contributed by atoms with van der Waals surface area (Å²) in [7, 11) is 0. The first kappa shape index (κ1) is 36.4. The summed E-state index contributed by atoms with van der Waals surface area (Å²) in [6.45, 7) is 4.69. The Hall–Kier alpha value is -7.69. The molecule has 1 aromatic heterocycles. The summed E-state index contributed by atoms with van der Waals surface area (Å²) in [5.41, 5.74) is 16.7. The van der Waals surface area contributed by atoms with Crippen molar-refractivity contribution in [2.24, 2.45) is 0 Å². The first-order chi connectivity index (χ1) is 29.9. The minimum absolute atomic E-state index is 0.224. The molecule has 1 aliphatic heterocycles. The topological polar surface area (TPSA) is 11.4 Å². The van der Waals surface area contributed by atoms with E-state index in [1.54, 1.807) is 0 Å². The first-order valence-electron chi connectivity index (χ1n) is 20.9. The van der Waals surface area contributed by atoms with Crippen molar-refractivity contribution in [2.75, 3.05) is 9.80 Å². The lowest BCUT2D eigenvalue weighted by atomic mass is 9.73. The molecule has 0 amide bonds. The van der Waals surface area contributed by atoms with Crippen LogP contribution in [0.3, 0.4) is 0 Å². The number of aromatic nitrogens is 1. The zero-order valence-electron chi connectivity index (χ0n) is 34.0. The summed E-state index contributed by atoms with van der Waals surface area (Å²) < 4.78 is 16.8. The fourth-order valence-corrected chi connectivity index (χ4v) is 9.39. The van der Waals surface area contributed by atoms with E-state index >= 15 is 0 Å². The predicted molar refractivity (Wildman–Crippen MR) is 253 cm³/mol. The smallest absolute Gasteiger partial charge is 0.123 e. The third-order valence-electron chi connectivity index (χ3n) is 12.4. The number of hydrogen-bond donors (Lipinski definition) is 0. The van der Waals surface area contributed by atoms with Crippen molar-refractivity contribution in [3.63, 3.8) is 0 Å². The largest absolute Gasteiger partial charge is 0.310 e. The van der Waals surface area contributed by atoms with Crippen LogP contribution < -0.4 is 9.80 Å². The number of para-hydroxylation sites is 3. The van der Waals surface area contributed by atoms with Crippen LogP contribution in [-0.4, -0.2) is 4.57 Å². The maximum Gasteiger partial charge on any atom is 0.123 e. The number of halogens is 1. The molecule has 3 nitrogen and oxygen atoms in total. The summed E-state index contributed by atoms with van der Waals surface area (Å²) >= 11 is 0. The van der Waals surface area contributed by atoms with Gasteiger partial charge in [-0.05, 0) is 143 Å². The highest BCUT2D eigenvalue weighted by Crippen LogP contribution is 2.53. The Balaban J connectivity index is 1.08. The van der Waals surface area contributed by atoms with Crippen LogP contribution in [0.5, 0.6) is 0 Å². The molecule has 11 rings (SSSR count). The van der Waals surface area contributed by atoms with E-state index in [-0.39, 0.29) is 11.2 Å². The Bertz CT molecular complexity index is 3210. The monoisotopic (exact) mass is 787 g/mol. The normalized spacial score (nSPS) is 12.9. The van der Waals surface area contributed by atoms with Crippen LogP contribution in [0.15, 0.2) is 218 Å². The predicted octanol–water partition coefficient (Wildman–Crippen LogP) is 15.8. The van der Waals surface area contributed by atoms with Crippen LogP contribution in [-0.2, 0) is 5.41 Å². The highest BCUT2D eigenvalue weighted by molar-refractivity contribution is 6.12. The van der Waals surface area contributed by atoms with Crippen molar-refractivity contribution in [1.29, 1.82) is 0 Å². The van der Waals surface area contributed by atoms with Crippen LogP contribution in [0.4, 0.5) is 38.5 Å². The molecule has 9 aromatic carbocycles. The Morgan fingerprint density at radius 2 is 0.885 bits per heavy atom.